The first-order valence-electron chi connectivity index (χ1n) is 4.35. The smallest absolute Gasteiger partial charge is 0.133 e. The lowest BCUT2D eigenvalue weighted by Crippen LogP contribution is -2.28. The van der Waals surface area contributed by atoms with Gasteiger partial charge in [-0.1, -0.05) is 12.0 Å². The summed E-state index contributed by atoms with van der Waals surface area (Å²) in [4.78, 5) is 8.67. The van der Waals surface area contributed by atoms with E-state index in [0.29, 0.717) is 12.8 Å². The van der Waals surface area contributed by atoms with E-state index in [1.165, 1.54) is 0 Å². The lowest BCUT2D eigenvalue weighted by Gasteiger charge is -2.23. The second kappa shape index (κ2) is 5.93. The van der Waals surface area contributed by atoms with Crippen LogP contribution in [-0.2, 0) is 9.09 Å². The Morgan fingerprint density at radius 3 is 2.71 bits per heavy atom. The molecule has 14 heavy (non-hydrogen) atoms. The predicted molar refractivity (Wildman–Crippen MR) is 56.7 cm³/mol. The van der Waals surface area contributed by atoms with Gasteiger partial charge in [0.05, 0.1) is 5.41 Å². The summed E-state index contributed by atoms with van der Waals surface area (Å²) in [5.74, 6) is 2.56. The molecule has 0 aliphatic carbocycles. The zero-order chi connectivity index (χ0) is 11.2. The first kappa shape index (κ1) is 13.3. The highest BCUT2D eigenvalue weighted by Gasteiger charge is 2.35. The Morgan fingerprint density at radius 2 is 2.36 bits per heavy atom. The normalized spacial score (nSPS) is 14.3. The maximum Gasteiger partial charge on any atom is 0.695 e. The highest BCUT2D eigenvalue weighted by Crippen LogP contribution is 2.32. The molecule has 4 heteroatoms. The van der Waals surface area contributed by atoms with Gasteiger partial charge in [0.15, 0.2) is 0 Å². The minimum Gasteiger partial charge on any atom is -0.133 e. The first-order valence-corrected chi connectivity index (χ1v) is 5.48. The number of allylic oxidation sites excluding steroid dienone is 1. The van der Waals surface area contributed by atoms with Crippen molar-refractivity contribution in [3.8, 4) is 12.3 Å². The molecule has 0 saturated carbocycles. The van der Waals surface area contributed by atoms with Crippen LogP contribution >= 0.6 is 8.25 Å². The van der Waals surface area contributed by atoms with Crippen LogP contribution in [0.1, 0.15) is 26.7 Å². The van der Waals surface area contributed by atoms with Gasteiger partial charge >= 0.3 is 8.25 Å². The second-order valence-corrected chi connectivity index (χ2v) is 4.25. The van der Waals surface area contributed by atoms with E-state index < -0.39 is 19.8 Å². The summed E-state index contributed by atoms with van der Waals surface area (Å²) in [6.45, 7) is 7.19. The van der Waals surface area contributed by atoms with Gasteiger partial charge in [0, 0.05) is 4.57 Å². The van der Waals surface area contributed by atoms with Gasteiger partial charge in [0.25, 0.3) is 0 Å². The Hall–Kier alpha value is -0.680. The average molecular weight is 215 g/mol. The molecule has 0 saturated heterocycles. The van der Waals surface area contributed by atoms with Crippen LogP contribution < -0.4 is 0 Å². The van der Waals surface area contributed by atoms with E-state index in [0.717, 1.165) is 0 Å². The van der Waals surface area contributed by atoms with Gasteiger partial charge in [-0.05, 0) is 26.7 Å². The Morgan fingerprint density at radius 1 is 1.79 bits per heavy atom. The third-order valence-corrected chi connectivity index (χ3v) is 2.46. The Kier molecular flexibility index (Phi) is 5.64. The van der Waals surface area contributed by atoms with Gasteiger partial charge in [0.1, 0.15) is 6.10 Å². The molecule has 78 valence electrons. The van der Waals surface area contributed by atoms with Crippen LogP contribution in [0.2, 0.25) is 0 Å². The van der Waals surface area contributed by atoms with Crippen LogP contribution in [0.25, 0.3) is 0 Å². The van der Waals surface area contributed by atoms with E-state index in [2.05, 4.69) is 12.5 Å². The quantitative estimate of drug-likeness (QED) is 0.421. The average Bonchev–Trinajstić information content (AvgIpc) is 2.11. The molecule has 3 nitrogen and oxygen atoms in total. The van der Waals surface area contributed by atoms with Crippen LogP contribution in [0.4, 0.5) is 0 Å². The highest BCUT2D eigenvalue weighted by molar-refractivity contribution is 7.32. The van der Waals surface area contributed by atoms with Crippen molar-refractivity contribution in [1.82, 2.24) is 0 Å². The Bertz CT molecular complexity index is 253. The minimum atomic E-state index is -2.61. The van der Waals surface area contributed by atoms with Crippen molar-refractivity contribution in [2.24, 2.45) is 5.41 Å². The maximum atomic E-state index is 10.6. The summed E-state index contributed by atoms with van der Waals surface area (Å²) in [5.41, 5.74) is -0.545. The number of rotatable bonds is 6. The molecule has 0 aliphatic rings. The van der Waals surface area contributed by atoms with E-state index in [1.807, 2.05) is 0 Å². The van der Waals surface area contributed by atoms with Crippen molar-refractivity contribution >= 4 is 8.25 Å². The van der Waals surface area contributed by atoms with Gasteiger partial charge in [-0.3, -0.25) is 0 Å². The number of hydrogen-bond donors (Lipinski definition) is 1. The topological polar surface area (TPSA) is 46.5 Å². The van der Waals surface area contributed by atoms with Crippen molar-refractivity contribution in [1.29, 1.82) is 0 Å². The Balaban J connectivity index is 4.47. The summed E-state index contributed by atoms with van der Waals surface area (Å²) in [7, 11) is -2.61. The van der Waals surface area contributed by atoms with Crippen molar-refractivity contribution in [2.45, 2.75) is 32.8 Å². The van der Waals surface area contributed by atoms with Crippen molar-refractivity contribution < 1.29 is 14.0 Å². The van der Waals surface area contributed by atoms with Crippen molar-refractivity contribution in [3.63, 3.8) is 0 Å². The number of hydrogen-bond acceptors (Lipinski definition) is 2. The Labute approximate surface area is 86.1 Å². The van der Waals surface area contributed by atoms with Crippen molar-refractivity contribution in [3.05, 3.63) is 12.7 Å². The highest BCUT2D eigenvalue weighted by atomic mass is 31.1. The molecule has 0 radical (unpaired) electrons. The van der Waals surface area contributed by atoms with E-state index in [9.17, 15) is 4.57 Å². The summed E-state index contributed by atoms with van der Waals surface area (Å²) in [5, 5.41) is 0. The fourth-order valence-electron chi connectivity index (χ4n) is 1.02. The first-order chi connectivity index (χ1) is 6.44. The predicted octanol–water partition coefficient (Wildman–Crippen LogP) is 2.65. The molecule has 0 amide bonds. The van der Waals surface area contributed by atoms with Gasteiger partial charge in [0.2, 0.25) is 0 Å². The third-order valence-electron chi connectivity index (χ3n) is 2.03. The molecular formula is C10H16O3P+. The van der Waals surface area contributed by atoms with Crippen LogP contribution in [0.15, 0.2) is 12.7 Å². The van der Waals surface area contributed by atoms with Gasteiger partial charge < -0.3 is 0 Å². The van der Waals surface area contributed by atoms with Gasteiger partial charge in [-0.15, -0.1) is 22.4 Å². The standard InChI is InChI=1S/C10H15O3P/c1-5-7-8-9(13-14(11)12)10(3,4)6-2/h2,5,9H,1,7-8H2,3-4H3/p+1. The molecule has 2 atom stereocenters. The van der Waals surface area contributed by atoms with E-state index in [4.69, 9.17) is 15.8 Å². The SMILES string of the molecule is C#CC(C)(C)C(CCC=C)O[P+](=O)O. The molecule has 0 spiro atoms. The molecule has 0 aromatic carbocycles. The number of terminal acetylenes is 1. The van der Waals surface area contributed by atoms with Crippen LogP contribution in [0, 0.1) is 17.8 Å². The minimum absolute atomic E-state index is 0.417. The molecule has 0 rings (SSSR count). The molecule has 0 fully saturated rings. The van der Waals surface area contributed by atoms with Gasteiger partial charge in [-0.25, -0.2) is 0 Å². The van der Waals surface area contributed by atoms with Gasteiger partial charge in [-0.2, -0.15) is 0 Å². The molecule has 0 bridgehead atoms. The van der Waals surface area contributed by atoms with E-state index in [1.54, 1.807) is 19.9 Å². The zero-order valence-electron chi connectivity index (χ0n) is 8.56. The fraction of sp³-hybridized carbons (Fsp3) is 0.600. The monoisotopic (exact) mass is 215 g/mol. The summed E-state index contributed by atoms with van der Waals surface area (Å²) in [6, 6.07) is 0. The molecule has 0 aromatic heterocycles. The van der Waals surface area contributed by atoms with Crippen molar-refractivity contribution in [2.75, 3.05) is 0 Å². The maximum absolute atomic E-state index is 10.6. The van der Waals surface area contributed by atoms with Crippen LogP contribution in [-0.4, -0.2) is 11.0 Å². The van der Waals surface area contributed by atoms with Crippen LogP contribution in [0.3, 0.4) is 0 Å². The lowest BCUT2D eigenvalue weighted by molar-refractivity contribution is 0.100. The molecular weight excluding hydrogens is 199 g/mol. The molecule has 0 aliphatic heterocycles. The molecule has 0 heterocycles. The largest absolute Gasteiger partial charge is 0.695 e. The lowest BCUT2D eigenvalue weighted by atomic mass is 9.85. The van der Waals surface area contributed by atoms with E-state index >= 15 is 0 Å². The zero-order valence-corrected chi connectivity index (χ0v) is 9.46. The van der Waals surface area contributed by atoms with E-state index in [-0.39, 0.29) is 0 Å². The summed E-state index contributed by atoms with van der Waals surface area (Å²) < 4.78 is 15.4. The summed E-state index contributed by atoms with van der Waals surface area (Å²) in [6.07, 6.45) is 7.94. The second-order valence-electron chi connectivity index (χ2n) is 3.56. The third kappa shape index (κ3) is 4.53. The fourth-order valence-corrected chi connectivity index (χ4v) is 1.60. The molecule has 0 aromatic rings. The van der Waals surface area contributed by atoms with Crippen LogP contribution in [0.5, 0.6) is 0 Å². The summed E-state index contributed by atoms with van der Waals surface area (Å²) >= 11 is 0. The molecule has 1 N–H and O–H groups in total. The molecule has 2 unspecified atom stereocenters.